The summed E-state index contributed by atoms with van der Waals surface area (Å²) in [5, 5.41) is 19.4. The van der Waals surface area contributed by atoms with Crippen molar-refractivity contribution in [2.75, 3.05) is 0 Å². The first-order chi connectivity index (χ1) is 20.5. The molecular formula is C38H70O4. The molecule has 1 rings (SSSR count). The second-order valence-electron chi connectivity index (χ2n) is 13.5. The zero-order valence-corrected chi connectivity index (χ0v) is 27.9. The molecule has 1 fully saturated rings. The number of carbonyl (C=O) groups is 2. The van der Waals surface area contributed by atoms with Crippen molar-refractivity contribution in [3.63, 3.8) is 0 Å². The minimum absolute atomic E-state index is 0.346. The fourth-order valence-corrected chi connectivity index (χ4v) is 7.00. The van der Waals surface area contributed by atoms with Crippen molar-refractivity contribution in [3.05, 3.63) is 12.2 Å². The third-order valence-corrected chi connectivity index (χ3v) is 9.88. The predicted octanol–water partition coefficient (Wildman–Crippen LogP) is 12.4. The standard InChI is InChI=1S/C38H70O4/c1-2-3-4-5-6-7-8-9-10-11-12-13-14-15-16-17-18-19-20-21-22-23-24-25-26-27-28-30-33-38(37(41)42)34-31-29-32-35(38)36(39)40/h28,30,35H,2-27,29,31-34H2,1H3,(H,39,40)(H,41,42). The molecule has 1 aliphatic carbocycles. The van der Waals surface area contributed by atoms with Gasteiger partial charge in [0, 0.05) is 0 Å². The van der Waals surface area contributed by atoms with Crippen molar-refractivity contribution in [3.8, 4) is 0 Å². The molecule has 4 heteroatoms. The van der Waals surface area contributed by atoms with E-state index in [9.17, 15) is 19.8 Å². The van der Waals surface area contributed by atoms with Gasteiger partial charge in [-0.3, -0.25) is 9.59 Å². The Labute approximate surface area is 260 Å². The van der Waals surface area contributed by atoms with Crippen LogP contribution in [-0.4, -0.2) is 22.2 Å². The summed E-state index contributed by atoms with van der Waals surface area (Å²) in [6, 6.07) is 0. The van der Waals surface area contributed by atoms with Crippen LogP contribution in [0.4, 0.5) is 0 Å². The highest BCUT2D eigenvalue weighted by molar-refractivity contribution is 5.83. The molecule has 0 aromatic rings. The summed E-state index contributed by atoms with van der Waals surface area (Å²) in [5.41, 5.74) is -1.12. The monoisotopic (exact) mass is 591 g/mol. The van der Waals surface area contributed by atoms with E-state index in [4.69, 9.17) is 0 Å². The van der Waals surface area contributed by atoms with Gasteiger partial charge in [0.05, 0.1) is 11.3 Å². The largest absolute Gasteiger partial charge is 0.481 e. The molecular weight excluding hydrogens is 520 g/mol. The molecule has 2 atom stereocenters. The Kier molecular flexibility index (Phi) is 25.1. The lowest BCUT2D eigenvalue weighted by molar-refractivity contribution is -0.165. The maximum absolute atomic E-state index is 12.0. The van der Waals surface area contributed by atoms with E-state index >= 15 is 0 Å². The van der Waals surface area contributed by atoms with Gasteiger partial charge in [0.2, 0.25) is 0 Å². The first-order valence-electron chi connectivity index (χ1n) is 18.7. The van der Waals surface area contributed by atoms with Gasteiger partial charge in [-0.05, 0) is 32.1 Å². The molecule has 0 aliphatic heterocycles. The van der Waals surface area contributed by atoms with Gasteiger partial charge in [-0.1, -0.05) is 186 Å². The van der Waals surface area contributed by atoms with Crippen LogP contribution >= 0.6 is 0 Å². The number of aliphatic carboxylic acids is 2. The number of hydrogen-bond donors (Lipinski definition) is 2. The van der Waals surface area contributed by atoms with Crippen molar-refractivity contribution in [2.24, 2.45) is 11.3 Å². The van der Waals surface area contributed by atoms with Crippen LogP contribution < -0.4 is 0 Å². The number of hydrogen-bond acceptors (Lipinski definition) is 2. The summed E-state index contributed by atoms with van der Waals surface area (Å²) < 4.78 is 0. The van der Waals surface area contributed by atoms with E-state index in [-0.39, 0.29) is 0 Å². The molecule has 0 aromatic carbocycles. The molecule has 0 amide bonds. The highest BCUT2D eigenvalue weighted by Gasteiger charge is 2.49. The van der Waals surface area contributed by atoms with Crippen LogP contribution in [-0.2, 0) is 9.59 Å². The summed E-state index contributed by atoms with van der Waals surface area (Å²) in [6.45, 7) is 2.29. The number of carboxylic acid groups (broad SMARTS) is 2. The predicted molar refractivity (Wildman–Crippen MR) is 179 cm³/mol. The van der Waals surface area contributed by atoms with Crippen LogP contribution in [0.2, 0.25) is 0 Å². The maximum atomic E-state index is 12.0. The van der Waals surface area contributed by atoms with E-state index in [1.54, 1.807) is 0 Å². The first kappa shape index (κ1) is 38.7. The van der Waals surface area contributed by atoms with Gasteiger partial charge >= 0.3 is 11.9 Å². The van der Waals surface area contributed by atoms with E-state index < -0.39 is 23.3 Å². The topological polar surface area (TPSA) is 74.6 Å². The summed E-state index contributed by atoms with van der Waals surface area (Å²) in [4.78, 5) is 23.6. The normalized spacial score (nSPS) is 19.0. The minimum Gasteiger partial charge on any atom is -0.481 e. The Morgan fingerprint density at radius 1 is 0.571 bits per heavy atom. The summed E-state index contributed by atoms with van der Waals surface area (Å²) in [5.74, 6) is -2.66. The van der Waals surface area contributed by atoms with Gasteiger partial charge in [-0.25, -0.2) is 0 Å². The lowest BCUT2D eigenvalue weighted by atomic mass is 9.64. The molecule has 1 aliphatic rings. The average molecular weight is 591 g/mol. The molecule has 2 N–H and O–H groups in total. The number of carboxylic acids is 2. The zero-order chi connectivity index (χ0) is 30.6. The van der Waals surface area contributed by atoms with Gasteiger partial charge < -0.3 is 10.2 Å². The van der Waals surface area contributed by atoms with Gasteiger partial charge in [0.25, 0.3) is 0 Å². The summed E-state index contributed by atoms with van der Waals surface area (Å²) in [6.07, 6.45) is 42.9. The summed E-state index contributed by atoms with van der Waals surface area (Å²) in [7, 11) is 0. The number of rotatable bonds is 30. The molecule has 4 nitrogen and oxygen atoms in total. The van der Waals surface area contributed by atoms with E-state index in [0.29, 0.717) is 19.3 Å². The van der Waals surface area contributed by atoms with E-state index in [2.05, 4.69) is 13.0 Å². The van der Waals surface area contributed by atoms with Crippen LogP contribution in [0, 0.1) is 11.3 Å². The van der Waals surface area contributed by atoms with Gasteiger partial charge in [-0.15, -0.1) is 0 Å². The molecule has 0 heterocycles. The molecule has 0 aromatic heterocycles. The van der Waals surface area contributed by atoms with Crippen molar-refractivity contribution in [2.45, 2.75) is 206 Å². The highest BCUT2D eigenvalue weighted by Crippen LogP contribution is 2.45. The van der Waals surface area contributed by atoms with Crippen LogP contribution in [0.1, 0.15) is 206 Å². The minimum atomic E-state index is -1.12. The van der Waals surface area contributed by atoms with Crippen molar-refractivity contribution in [1.82, 2.24) is 0 Å². The second-order valence-corrected chi connectivity index (χ2v) is 13.5. The fraction of sp³-hybridized carbons (Fsp3) is 0.895. The van der Waals surface area contributed by atoms with Gasteiger partial charge in [0.15, 0.2) is 0 Å². The third-order valence-electron chi connectivity index (χ3n) is 9.88. The van der Waals surface area contributed by atoms with Crippen LogP contribution in [0.5, 0.6) is 0 Å². The zero-order valence-electron chi connectivity index (χ0n) is 27.9. The molecule has 0 bridgehead atoms. The Balaban J connectivity index is 1.82. The molecule has 2 unspecified atom stereocenters. The maximum Gasteiger partial charge on any atom is 0.310 e. The lowest BCUT2D eigenvalue weighted by Gasteiger charge is -2.37. The van der Waals surface area contributed by atoms with Gasteiger partial charge in [-0.2, -0.15) is 0 Å². The van der Waals surface area contributed by atoms with Gasteiger partial charge in [0.1, 0.15) is 0 Å². The third kappa shape index (κ3) is 19.1. The Bertz CT molecular complexity index is 672. The van der Waals surface area contributed by atoms with Crippen LogP contribution in [0.15, 0.2) is 12.2 Å². The average Bonchev–Trinajstić information content (AvgIpc) is 2.98. The molecule has 1 saturated carbocycles. The molecule has 0 saturated heterocycles. The van der Waals surface area contributed by atoms with Crippen molar-refractivity contribution in [1.29, 1.82) is 0 Å². The fourth-order valence-electron chi connectivity index (χ4n) is 7.00. The first-order valence-corrected chi connectivity index (χ1v) is 18.7. The van der Waals surface area contributed by atoms with E-state index in [0.717, 1.165) is 25.7 Å². The Morgan fingerprint density at radius 2 is 0.952 bits per heavy atom. The Hall–Kier alpha value is -1.32. The smallest absolute Gasteiger partial charge is 0.310 e. The lowest BCUT2D eigenvalue weighted by Crippen LogP contribution is -2.44. The molecule has 0 spiro atoms. The molecule has 42 heavy (non-hydrogen) atoms. The SMILES string of the molecule is CCCCCCCCCCCCCCCCCCCCCCCCCCCC=CCC1(C(=O)O)CCCCC1C(=O)O. The highest BCUT2D eigenvalue weighted by atomic mass is 16.4. The van der Waals surface area contributed by atoms with E-state index in [1.807, 2.05) is 6.08 Å². The van der Waals surface area contributed by atoms with E-state index in [1.165, 1.54) is 154 Å². The molecule has 246 valence electrons. The number of unbranched alkanes of at least 4 members (excludes halogenated alkanes) is 25. The van der Waals surface area contributed by atoms with Crippen molar-refractivity contribution >= 4 is 11.9 Å². The molecule has 0 radical (unpaired) electrons. The van der Waals surface area contributed by atoms with Crippen LogP contribution in [0.25, 0.3) is 0 Å². The Morgan fingerprint density at radius 3 is 1.31 bits per heavy atom. The van der Waals surface area contributed by atoms with Crippen LogP contribution in [0.3, 0.4) is 0 Å². The quantitative estimate of drug-likeness (QED) is 0.0644. The number of allylic oxidation sites excluding steroid dienone is 2. The second kappa shape index (κ2) is 27.2. The summed E-state index contributed by atoms with van der Waals surface area (Å²) >= 11 is 0. The van der Waals surface area contributed by atoms with Crippen molar-refractivity contribution < 1.29 is 19.8 Å².